The largest absolute Gasteiger partial charge is 0.490 e. The van der Waals surface area contributed by atoms with E-state index in [0.717, 1.165) is 31.1 Å². The minimum absolute atomic E-state index is 0.644. The molecule has 13 heteroatoms. The predicted molar refractivity (Wildman–Crippen MR) is 128 cm³/mol. The molecule has 0 bridgehead atoms. The number of halogens is 6. The summed E-state index contributed by atoms with van der Waals surface area (Å²) in [6.07, 6.45) is -2.51. The van der Waals surface area contributed by atoms with E-state index in [1.807, 2.05) is 0 Å². The minimum Gasteiger partial charge on any atom is -0.475 e. The van der Waals surface area contributed by atoms with E-state index >= 15 is 0 Å². The van der Waals surface area contributed by atoms with Crippen molar-refractivity contribution in [2.75, 3.05) is 26.2 Å². The van der Waals surface area contributed by atoms with Gasteiger partial charge in [0.05, 0.1) is 0 Å². The molecule has 1 aromatic carbocycles. The van der Waals surface area contributed by atoms with Crippen molar-refractivity contribution in [1.29, 1.82) is 0 Å². The summed E-state index contributed by atoms with van der Waals surface area (Å²) in [5.41, 5.74) is 9.25. The summed E-state index contributed by atoms with van der Waals surface area (Å²) >= 11 is 0. The summed E-state index contributed by atoms with van der Waals surface area (Å²) in [6, 6.07) is 12.2. The molecule has 2 aliphatic carbocycles. The van der Waals surface area contributed by atoms with E-state index in [4.69, 9.17) is 25.5 Å². The third-order valence-corrected chi connectivity index (χ3v) is 6.68. The number of carbonyl (C=O) groups is 2. The summed E-state index contributed by atoms with van der Waals surface area (Å²) in [5.74, 6) is -4.75. The lowest BCUT2D eigenvalue weighted by atomic mass is 9.60. The Labute approximate surface area is 216 Å². The predicted octanol–water partition coefficient (Wildman–Crippen LogP) is 4.15. The van der Waals surface area contributed by atoms with Gasteiger partial charge < -0.3 is 26.2 Å². The number of likely N-dealkylation sites (tertiary alicyclic amines) is 1. The number of hydrogen-bond acceptors (Lipinski definition) is 5. The van der Waals surface area contributed by atoms with Crippen molar-refractivity contribution in [1.82, 2.24) is 10.2 Å². The zero-order valence-electron chi connectivity index (χ0n) is 20.9. The Morgan fingerprint density at radius 1 is 1.05 bits per heavy atom. The molecule has 7 nitrogen and oxygen atoms in total. The zero-order valence-corrected chi connectivity index (χ0v) is 20.9. The number of benzene rings is 1. The monoisotopic (exact) mass is 553 g/mol. The molecule has 38 heavy (non-hydrogen) atoms. The van der Waals surface area contributed by atoms with Crippen LogP contribution < -0.4 is 11.1 Å². The molecule has 0 unspecified atom stereocenters. The highest BCUT2D eigenvalue weighted by molar-refractivity contribution is 5.73. The topological polar surface area (TPSA) is 116 Å². The van der Waals surface area contributed by atoms with Gasteiger partial charge in [-0.1, -0.05) is 48.9 Å². The van der Waals surface area contributed by atoms with E-state index in [0.29, 0.717) is 5.41 Å². The van der Waals surface area contributed by atoms with E-state index in [1.54, 1.807) is 5.57 Å². The van der Waals surface area contributed by atoms with Crippen LogP contribution in [0.15, 0.2) is 35.9 Å². The lowest BCUT2D eigenvalue weighted by Crippen LogP contribution is -2.66. The van der Waals surface area contributed by atoms with Crippen LogP contribution in [0.4, 0.5) is 26.3 Å². The van der Waals surface area contributed by atoms with Crippen molar-refractivity contribution in [2.45, 2.75) is 57.0 Å². The third-order valence-electron chi connectivity index (χ3n) is 6.68. The number of aliphatic carboxylic acids is 2. The fourth-order valence-electron chi connectivity index (χ4n) is 4.93. The van der Waals surface area contributed by atoms with E-state index in [9.17, 15) is 26.3 Å². The first-order valence-corrected chi connectivity index (χ1v) is 12.1. The van der Waals surface area contributed by atoms with Gasteiger partial charge >= 0.3 is 24.3 Å². The molecule has 214 valence electrons. The molecule has 1 heterocycles. The second-order valence-corrected chi connectivity index (χ2v) is 9.81. The van der Waals surface area contributed by atoms with Gasteiger partial charge in [-0.25, -0.2) is 9.59 Å². The molecule has 1 saturated heterocycles. The van der Waals surface area contributed by atoms with Crippen LogP contribution in [-0.2, 0) is 9.59 Å². The van der Waals surface area contributed by atoms with Crippen molar-refractivity contribution in [3.8, 4) is 0 Å². The first-order chi connectivity index (χ1) is 17.6. The summed E-state index contributed by atoms with van der Waals surface area (Å²) in [6.45, 7) is 6.74. The van der Waals surface area contributed by atoms with Crippen LogP contribution in [0.5, 0.6) is 0 Å². The SMILES string of the molecule is CC/C(=C\c1ccccc1)[C@@H]1C[C@H]1NC1CC2(C1)CN(CCN)C2.O=C(O)C(F)(F)F.O=C(O)C(F)(F)F. The number of nitrogens with zero attached hydrogens (tertiary/aromatic N) is 1. The number of carboxylic acids is 2. The quantitative estimate of drug-likeness (QED) is 0.375. The van der Waals surface area contributed by atoms with E-state index < -0.39 is 24.3 Å². The summed E-state index contributed by atoms with van der Waals surface area (Å²) in [5, 5.41) is 18.2. The van der Waals surface area contributed by atoms with Crippen LogP contribution in [0, 0.1) is 11.3 Å². The van der Waals surface area contributed by atoms with E-state index in [2.05, 4.69) is 53.5 Å². The van der Waals surface area contributed by atoms with Gasteiger partial charge in [-0.15, -0.1) is 0 Å². The van der Waals surface area contributed by atoms with Gasteiger partial charge in [0.25, 0.3) is 0 Å². The van der Waals surface area contributed by atoms with Crippen LogP contribution in [0.3, 0.4) is 0 Å². The molecule has 0 radical (unpaired) electrons. The average Bonchev–Trinajstić information content (AvgIpc) is 3.54. The summed E-state index contributed by atoms with van der Waals surface area (Å²) in [7, 11) is 0. The van der Waals surface area contributed by atoms with Crippen molar-refractivity contribution in [3.63, 3.8) is 0 Å². The molecule has 3 aliphatic rings. The Hall–Kier alpha value is -2.64. The maximum absolute atomic E-state index is 10.6. The molecular formula is C25H33F6N3O4. The van der Waals surface area contributed by atoms with Gasteiger partial charge in [0.2, 0.25) is 0 Å². The fraction of sp³-hybridized carbons (Fsp3) is 0.600. The highest BCUT2D eigenvalue weighted by Gasteiger charge is 2.53. The first-order valence-electron chi connectivity index (χ1n) is 12.1. The summed E-state index contributed by atoms with van der Waals surface area (Å²) < 4.78 is 63.5. The molecule has 1 spiro atoms. The number of carboxylic acid groups (broad SMARTS) is 2. The second-order valence-electron chi connectivity index (χ2n) is 9.81. The first kappa shape index (κ1) is 31.6. The van der Waals surface area contributed by atoms with Gasteiger partial charge in [0.1, 0.15) is 0 Å². The highest BCUT2D eigenvalue weighted by atomic mass is 19.4. The Balaban J connectivity index is 0.000000301. The van der Waals surface area contributed by atoms with E-state index in [1.165, 1.54) is 44.3 Å². The lowest BCUT2D eigenvalue weighted by Gasteiger charge is -2.59. The normalized spacial score (nSPS) is 22.7. The molecule has 0 amide bonds. The fourth-order valence-corrected chi connectivity index (χ4v) is 4.93. The van der Waals surface area contributed by atoms with Crippen LogP contribution in [-0.4, -0.2) is 77.7 Å². The van der Waals surface area contributed by atoms with Gasteiger partial charge in [-0.2, -0.15) is 26.3 Å². The molecule has 5 N–H and O–H groups in total. The van der Waals surface area contributed by atoms with Gasteiger partial charge in [-0.3, -0.25) is 0 Å². The van der Waals surface area contributed by atoms with Crippen LogP contribution in [0.1, 0.15) is 38.2 Å². The van der Waals surface area contributed by atoms with Crippen LogP contribution in [0.25, 0.3) is 6.08 Å². The molecule has 3 fully saturated rings. The van der Waals surface area contributed by atoms with Crippen LogP contribution >= 0.6 is 0 Å². The maximum Gasteiger partial charge on any atom is 0.490 e. The Morgan fingerprint density at radius 3 is 1.97 bits per heavy atom. The minimum atomic E-state index is -5.08. The second kappa shape index (κ2) is 12.9. The van der Waals surface area contributed by atoms with E-state index in [-0.39, 0.29) is 0 Å². The number of nitrogens with two attached hydrogens (primary N) is 1. The van der Waals surface area contributed by atoms with Crippen molar-refractivity contribution in [2.24, 2.45) is 17.1 Å². The van der Waals surface area contributed by atoms with Gasteiger partial charge in [0, 0.05) is 38.3 Å². The van der Waals surface area contributed by atoms with Gasteiger partial charge in [0.15, 0.2) is 0 Å². The molecule has 2 atom stereocenters. The molecule has 4 rings (SSSR count). The Bertz CT molecular complexity index is 930. The third kappa shape index (κ3) is 9.59. The number of alkyl halides is 6. The number of rotatable bonds is 7. The molecule has 1 aromatic rings. The standard InChI is InChI=1S/C21H31N3.2C2HF3O2/c1-2-17(10-16-6-4-3-5-7-16)19-11-20(19)23-18-12-21(13-18)14-24(15-21)9-8-22;2*3-2(4,5)1(6)7/h3-7,10,18-20,23H,2,8-9,11-15,22H2,1H3;2*(H,6,7)/b17-10+;;/t19-,20+;;/m0../s1. The lowest BCUT2D eigenvalue weighted by molar-refractivity contribution is -0.193. The molecule has 0 aromatic heterocycles. The van der Waals surface area contributed by atoms with Crippen molar-refractivity contribution in [3.05, 3.63) is 41.5 Å². The maximum atomic E-state index is 10.6. The number of hydrogen-bond donors (Lipinski definition) is 4. The molecule has 1 aliphatic heterocycles. The zero-order chi connectivity index (χ0) is 28.7. The molecular weight excluding hydrogens is 520 g/mol. The smallest absolute Gasteiger partial charge is 0.475 e. The Kier molecular flexibility index (Phi) is 10.8. The van der Waals surface area contributed by atoms with Crippen molar-refractivity contribution >= 4 is 18.0 Å². The average molecular weight is 554 g/mol. The van der Waals surface area contributed by atoms with Gasteiger partial charge in [-0.05, 0) is 42.6 Å². The Morgan fingerprint density at radius 2 is 1.55 bits per heavy atom. The van der Waals surface area contributed by atoms with Crippen LogP contribution in [0.2, 0.25) is 0 Å². The summed E-state index contributed by atoms with van der Waals surface area (Å²) in [4.78, 5) is 20.3. The molecule has 2 saturated carbocycles. The van der Waals surface area contributed by atoms with Crippen molar-refractivity contribution < 1.29 is 46.1 Å². The number of nitrogens with one attached hydrogen (secondary N) is 1. The highest BCUT2D eigenvalue weighted by Crippen LogP contribution is 2.50.